The number of nitrogens with one attached hydrogen (secondary N) is 1. The van der Waals surface area contributed by atoms with Crippen LogP contribution in [-0.2, 0) is 16.1 Å². The number of ether oxygens (including phenoxy) is 1. The summed E-state index contributed by atoms with van der Waals surface area (Å²) in [6, 6.07) is 25.9. The van der Waals surface area contributed by atoms with Gasteiger partial charge in [-0.15, -0.1) is 0 Å². The van der Waals surface area contributed by atoms with Gasteiger partial charge >= 0.3 is 6.03 Å². The van der Waals surface area contributed by atoms with Crippen LogP contribution in [0.4, 0.5) is 16.2 Å². The standard InChI is InChI=1S/C41H57N5O4/c1-5-7-17-27-44(28-18-8-6-2)40(48)33-25-29-45(41(49)46(35-20-11-9-12-21-35)36-22-13-10-14-23-36)37(31-33)39(47)42-26-30-43(3)32-34-19-15-16-24-38(34)50-4/h9-16,19-24,33,37H,5-8,17-18,25-32H2,1-4H3,(H,42,47). The van der Waals surface area contributed by atoms with Crippen LogP contribution in [0, 0.1) is 5.92 Å². The van der Waals surface area contributed by atoms with E-state index in [1.54, 1.807) is 16.9 Å². The van der Waals surface area contributed by atoms with Gasteiger partial charge in [0.1, 0.15) is 11.8 Å². The number of methoxy groups -OCH3 is 1. The fourth-order valence-electron chi connectivity index (χ4n) is 6.71. The average molecular weight is 684 g/mol. The number of carbonyl (C=O) groups is 3. The van der Waals surface area contributed by atoms with Crippen molar-refractivity contribution in [3.8, 4) is 5.75 Å². The van der Waals surface area contributed by atoms with Crippen molar-refractivity contribution in [3.63, 3.8) is 0 Å². The van der Waals surface area contributed by atoms with Crippen molar-refractivity contribution in [1.82, 2.24) is 20.0 Å². The van der Waals surface area contributed by atoms with E-state index in [-0.39, 0.29) is 23.8 Å². The summed E-state index contributed by atoms with van der Waals surface area (Å²) >= 11 is 0. The van der Waals surface area contributed by atoms with E-state index in [9.17, 15) is 14.4 Å². The van der Waals surface area contributed by atoms with E-state index in [2.05, 4.69) is 24.1 Å². The van der Waals surface area contributed by atoms with E-state index in [1.165, 1.54) is 0 Å². The summed E-state index contributed by atoms with van der Waals surface area (Å²) in [5.41, 5.74) is 2.51. The Morgan fingerprint density at radius 3 is 1.96 bits per heavy atom. The first-order valence-electron chi connectivity index (χ1n) is 18.5. The molecule has 1 aliphatic heterocycles. The molecule has 1 saturated heterocycles. The topological polar surface area (TPSA) is 85.4 Å². The number of hydrogen-bond donors (Lipinski definition) is 1. The van der Waals surface area contributed by atoms with E-state index < -0.39 is 6.04 Å². The fourth-order valence-corrected chi connectivity index (χ4v) is 6.71. The predicted octanol–water partition coefficient (Wildman–Crippen LogP) is 7.49. The quantitative estimate of drug-likeness (QED) is 0.141. The number of urea groups is 1. The zero-order chi connectivity index (χ0) is 35.7. The Balaban J connectivity index is 1.54. The highest BCUT2D eigenvalue weighted by Crippen LogP contribution is 2.32. The third kappa shape index (κ3) is 10.8. The Morgan fingerprint density at radius 1 is 0.800 bits per heavy atom. The largest absolute Gasteiger partial charge is 0.496 e. The lowest BCUT2D eigenvalue weighted by Crippen LogP contribution is -2.58. The van der Waals surface area contributed by atoms with E-state index in [0.29, 0.717) is 39.0 Å². The molecule has 0 aromatic heterocycles. The van der Waals surface area contributed by atoms with Crippen LogP contribution in [0.3, 0.4) is 0 Å². The summed E-state index contributed by atoms with van der Waals surface area (Å²) in [7, 11) is 3.67. The number of para-hydroxylation sites is 3. The minimum atomic E-state index is -0.784. The number of hydrogen-bond acceptors (Lipinski definition) is 5. The van der Waals surface area contributed by atoms with Gasteiger partial charge in [-0.2, -0.15) is 0 Å². The molecule has 50 heavy (non-hydrogen) atoms. The molecule has 4 rings (SSSR count). The minimum absolute atomic E-state index is 0.113. The Morgan fingerprint density at radius 2 is 1.38 bits per heavy atom. The SMILES string of the molecule is CCCCCN(CCCCC)C(=O)C1CCN(C(=O)N(c2ccccc2)c2ccccc2)C(C(=O)NCCN(C)Cc2ccccc2OC)C1. The average Bonchev–Trinajstić information content (AvgIpc) is 3.15. The number of carbonyl (C=O) groups excluding carboxylic acids is 3. The van der Waals surface area contributed by atoms with Crippen LogP contribution in [0.2, 0.25) is 0 Å². The van der Waals surface area contributed by atoms with Gasteiger partial charge < -0.3 is 24.8 Å². The molecule has 4 amide bonds. The Hall–Kier alpha value is -4.37. The summed E-state index contributed by atoms with van der Waals surface area (Å²) in [5.74, 6) is 0.385. The molecular formula is C41H57N5O4. The first-order valence-corrected chi connectivity index (χ1v) is 18.5. The highest BCUT2D eigenvalue weighted by molar-refractivity contribution is 6.01. The summed E-state index contributed by atoms with van der Waals surface area (Å²) in [4.78, 5) is 50.3. The number of likely N-dealkylation sites (tertiary alicyclic amines) is 1. The van der Waals surface area contributed by atoms with Gasteiger partial charge in [0, 0.05) is 50.7 Å². The maximum absolute atomic E-state index is 14.6. The highest BCUT2D eigenvalue weighted by atomic mass is 16.5. The molecule has 1 N–H and O–H groups in total. The number of benzene rings is 3. The number of anilines is 2. The van der Waals surface area contributed by atoms with Gasteiger partial charge in [-0.3, -0.25) is 14.5 Å². The van der Waals surface area contributed by atoms with Crippen molar-refractivity contribution in [2.24, 2.45) is 5.92 Å². The number of nitrogens with zero attached hydrogens (tertiary/aromatic N) is 4. The molecule has 0 spiro atoms. The monoisotopic (exact) mass is 683 g/mol. The van der Waals surface area contributed by atoms with Gasteiger partial charge in [0.2, 0.25) is 11.8 Å². The lowest BCUT2D eigenvalue weighted by molar-refractivity contribution is -0.139. The van der Waals surface area contributed by atoms with Crippen molar-refractivity contribution < 1.29 is 19.1 Å². The fraction of sp³-hybridized carbons (Fsp3) is 0.488. The molecule has 9 nitrogen and oxygen atoms in total. The number of amides is 4. The van der Waals surface area contributed by atoms with Crippen LogP contribution in [-0.4, -0.2) is 85.5 Å². The molecule has 0 radical (unpaired) electrons. The van der Waals surface area contributed by atoms with Gasteiger partial charge in [-0.25, -0.2) is 4.79 Å². The molecule has 1 fully saturated rings. The van der Waals surface area contributed by atoms with Gasteiger partial charge in [0.05, 0.1) is 18.5 Å². The number of rotatable bonds is 18. The molecule has 2 unspecified atom stereocenters. The van der Waals surface area contributed by atoms with E-state index >= 15 is 0 Å². The molecule has 1 aliphatic rings. The van der Waals surface area contributed by atoms with E-state index in [1.807, 2.05) is 96.9 Å². The molecule has 3 aromatic carbocycles. The zero-order valence-corrected chi connectivity index (χ0v) is 30.6. The summed E-state index contributed by atoms with van der Waals surface area (Å²) in [6.45, 7) is 7.81. The minimum Gasteiger partial charge on any atom is -0.496 e. The zero-order valence-electron chi connectivity index (χ0n) is 30.6. The molecule has 1 heterocycles. The molecule has 0 saturated carbocycles. The third-order valence-electron chi connectivity index (χ3n) is 9.52. The van der Waals surface area contributed by atoms with Crippen LogP contribution in [0.15, 0.2) is 84.9 Å². The van der Waals surface area contributed by atoms with Crippen molar-refractivity contribution in [2.45, 2.75) is 77.8 Å². The van der Waals surface area contributed by atoms with Crippen LogP contribution in [0.25, 0.3) is 0 Å². The van der Waals surface area contributed by atoms with Crippen LogP contribution >= 0.6 is 0 Å². The summed E-state index contributed by atoms with van der Waals surface area (Å²) in [5, 5.41) is 3.12. The van der Waals surface area contributed by atoms with E-state index in [4.69, 9.17) is 4.74 Å². The van der Waals surface area contributed by atoms with Crippen molar-refractivity contribution in [3.05, 3.63) is 90.5 Å². The Kier molecular flexibility index (Phi) is 15.6. The maximum Gasteiger partial charge on any atom is 0.329 e. The summed E-state index contributed by atoms with van der Waals surface area (Å²) < 4.78 is 5.52. The molecule has 270 valence electrons. The first kappa shape index (κ1) is 38.4. The third-order valence-corrected chi connectivity index (χ3v) is 9.52. The van der Waals surface area contributed by atoms with Crippen molar-refractivity contribution >= 4 is 29.2 Å². The van der Waals surface area contributed by atoms with Crippen LogP contribution in [0.1, 0.15) is 70.8 Å². The molecule has 3 aromatic rings. The highest BCUT2D eigenvalue weighted by Gasteiger charge is 2.41. The second-order valence-electron chi connectivity index (χ2n) is 13.3. The van der Waals surface area contributed by atoms with E-state index in [0.717, 1.165) is 74.3 Å². The molecular weight excluding hydrogens is 626 g/mol. The number of unbranched alkanes of at least 4 members (excludes halogenated alkanes) is 4. The lowest BCUT2D eigenvalue weighted by Gasteiger charge is -2.41. The molecule has 0 aliphatic carbocycles. The number of piperidine rings is 1. The Labute approximate surface area is 299 Å². The maximum atomic E-state index is 14.6. The van der Waals surface area contributed by atoms with Crippen LogP contribution in [0.5, 0.6) is 5.75 Å². The van der Waals surface area contributed by atoms with Crippen LogP contribution < -0.4 is 15.0 Å². The van der Waals surface area contributed by atoms with Gasteiger partial charge in [0.15, 0.2) is 0 Å². The lowest BCUT2D eigenvalue weighted by atomic mass is 9.88. The van der Waals surface area contributed by atoms with Gasteiger partial charge in [-0.05, 0) is 63.1 Å². The smallest absolute Gasteiger partial charge is 0.329 e. The van der Waals surface area contributed by atoms with Gasteiger partial charge in [-0.1, -0.05) is 94.1 Å². The molecule has 0 bridgehead atoms. The van der Waals surface area contributed by atoms with Crippen molar-refractivity contribution in [2.75, 3.05) is 51.8 Å². The molecule has 9 heteroatoms. The second kappa shape index (κ2) is 20.3. The Bertz CT molecular complexity index is 1420. The first-order chi connectivity index (χ1) is 24.4. The normalized spacial score (nSPS) is 15.8. The predicted molar refractivity (Wildman–Crippen MR) is 202 cm³/mol. The number of likely N-dealkylation sites (N-methyl/N-ethyl adjacent to an activating group) is 1. The van der Waals surface area contributed by atoms with Crippen molar-refractivity contribution in [1.29, 1.82) is 0 Å². The van der Waals surface area contributed by atoms with Gasteiger partial charge in [0.25, 0.3) is 0 Å². The second-order valence-corrected chi connectivity index (χ2v) is 13.3. The molecule has 2 atom stereocenters. The summed E-state index contributed by atoms with van der Waals surface area (Å²) in [6.07, 6.45) is 7.10.